The number of rotatable bonds is 7. The lowest BCUT2D eigenvalue weighted by Crippen LogP contribution is -2.42. The Morgan fingerprint density at radius 1 is 1.18 bits per heavy atom. The molecule has 0 atom stereocenters. The SMILES string of the molecule is C=CCN1C(=O)C(C)(C)COc2ccc(NS(=O)(=O)c3ccc(NC(=O)C(C)C)cc3)cc21. The van der Waals surface area contributed by atoms with Crippen molar-refractivity contribution in [2.75, 3.05) is 28.1 Å². The fourth-order valence-corrected chi connectivity index (χ4v) is 4.29. The Morgan fingerprint density at radius 2 is 1.82 bits per heavy atom. The van der Waals surface area contributed by atoms with Crippen LogP contribution in [0.5, 0.6) is 5.75 Å². The zero-order valence-corrected chi connectivity index (χ0v) is 20.0. The lowest BCUT2D eigenvalue weighted by Gasteiger charge is -2.27. The van der Waals surface area contributed by atoms with Crippen molar-refractivity contribution in [3.63, 3.8) is 0 Å². The summed E-state index contributed by atoms with van der Waals surface area (Å²) >= 11 is 0. The second-order valence-corrected chi connectivity index (χ2v) is 10.5. The molecule has 0 unspecified atom stereocenters. The van der Waals surface area contributed by atoms with E-state index in [4.69, 9.17) is 4.74 Å². The summed E-state index contributed by atoms with van der Waals surface area (Å²) in [5.74, 6) is 0.00673. The van der Waals surface area contributed by atoms with Crippen molar-refractivity contribution in [1.29, 1.82) is 0 Å². The molecule has 0 radical (unpaired) electrons. The topological polar surface area (TPSA) is 105 Å². The van der Waals surface area contributed by atoms with E-state index in [0.29, 0.717) is 17.1 Å². The summed E-state index contributed by atoms with van der Waals surface area (Å²) in [6.45, 7) is 11.3. The highest BCUT2D eigenvalue weighted by molar-refractivity contribution is 7.92. The first-order chi connectivity index (χ1) is 15.4. The van der Waals surface area contributed by atoms with Gasteiger partial charge in [0.1, 0.15) is 12.4 Å². The van der Waals surface area contributed by atoms with Gasteiger partial charge in [0.15, 0.2) is 0 Å². The lowest BCUT2D eigenvalue weighted by molar-refractivity contribution is -0.127. The second-order valence-electron chi connectivity index (χ2n) is 8.83. The Balaban J connectivity index is 1.87. The Labute approximate surface area is 194 Å². The van der Waals surface area contributed by atoms with Crippen LogP contribution in [0.15, 0.2) is 60.0 Å². The molecule has 0 saturated carbocycles. The summed E-state index contributed by atoms with van der Waals surface area (Å²) in [5, 5.41) is 2.72. The number of hydrogen-bond acceptors (Lipinski definition) is 5. The third-order valence-corrected chi connectivity index (χ3v) is 6.58. The van der Waals surface area contributed by atoms with E-state index >= 15 is 0 Å². The number of fused-ring (bicyclic) bond motifs is 1. The molecule has 2 N–H and O–H groups in total. The van der Waals surface area contributed by atoms with Gasteiger partial charge in [0.05, 0.1) is 21.7 Å². The van der Waals surface area contributed by atoms with Gasteiger partial charge in [-0.05, 0) is 56.3 Å². The Hall–Kier alpha value is -3.33. The molecule has 0 bridgehead atoms. The molecule has 1 aliphatic rings. The van der Waals surface area contributed by atoms with Crippen molar-refractivity contribution in [2.45, 2.75) is 32.6 Å². The van der Waals surface area contributed by atoms with Crippen LogP contribution in [-0.2, 0) is 19.6 Å². The molecule has 9 heteroatoms. The summed E-state index contributed by atoms with van der Waals surface area (Å²) in [7, 11) is -3.90. The zero-order chi connectivity index (χ0) is 24.4. The van der Waals surface area contributed by atoms with Gasteiger partial charge in [-0.15, -0.1) is 6.58 Å². The van der Waals surface area contributed by atoms with Gasteiger partial charge in [0.25, 0.3) is 10.0 Å². The van der Waals surface area contributed by atoms with Crippen molar-refractivity contribution in [3.05, 3.63) is 55.1 Å². The van der Waals surface area contributed by atoms with E-state index in [1.54, 1.807) is 56.9 Å². The number of amides is 2. The van der Waals surface area contributed by atoms with Gasteiger partial charge >= 0.3 is 0 Å². The molecule has 0 spiro atoms. The number of hydrogen-bond donors (Lipinski definition) is 2. The molecule has 1 aliphatic heterocycles. The number of carbonyl (C=O) groups is 2. The molecule has 2 amide bonds. The Bertz CT molecular complexity index is 1170. The van der Waals surface area contributed by atoms with Crippen LogP contribution in [0.3, 0.4) is 0 Å². The molecule has 0 fully saturated rings. The summed E-state index contributed by atoms with van der Waals surface area (Å²) in [4.78, 5) is 26.4. The first kappa shape index (κ1) is 24.3. The van der Waals surface area contributed by atoms with Crippen molar-refractivity contribution in [2.24, 2.45) is 11.3 Å². The predicted molar refractivity (Wildman–Crippen MR) is 129 cm³/mol. The van der Waals surface area contributed by atoms with E-state index in [1.807, 2.05) is 0 Å². The fourth-order valence-electron chi connectivity index (χ4n) is 3.24. The molecule has 1 heterocycles. The van der Waals surface area contributed by atoms with Crippen molar-refractivity contribution < 1.29 is 22.7 Å². The number of benzene rings is 2. The molecule has 8 nitrogen and oxygen atoms in total. The zero-order valence-electron chi connectivity index (χ0n) is 19.2. The molecule has 3 rings (SSSR count). The normalized spacial score (nSPS) is 15.3. The maximum Gasteiger partial charge on any atom is 0.261 e. The molecule has 33 heavy (non-hydrogen) atoms. The number of sulfonamides is 1. The minimum atomic E-state index is -3.90. The second kappa shape index (κ2) is 9.27. The maximum absolute atomic E-state index is 13.0. The number of anilines is 3. The average Bonchev–Trinajstić information content (AvgIpc) is 2.84. The quantitative estimate of drug-likeness (QED) is 0.594. The summed E-state index contributed by atoms with van der Waals surface area (Å²) in [6.07, 6.45) is 1.61. The van der Waals surface area contributed by atoms with E-state index in [2.05, 4.69) is 16.6 Å². The largest absolute Gasteiger partial charge is 0.490 e. The number of nitrogens with zero attached hydrogens (tertiary/aromatic N) is 1. The standard InChI is InChI=1S/C24H29N3O5S/c1-6-13-27-20-14-18(9-12-21(20)32-15-24(4,5)23(27)29)26-33(30,31)19-10-7-17(8-11-19)25-22(28)16(2)3/h6-12,14,16,26H,1,13,15H2,2-5H3,(H,25,28). The van der Waals surface area contributed by atoms with Gasteiger partial charge in [0.2, 0.25) is 11.8 Å². The highest BCUT2D eigenvalue weighted by atomic mass is 32.2. The van der Waals surface area contributed by atoms with E-state index in [-0.39, 0.29) is 41.5 Å². The molecular formula is C24H29N3O5S. The van der Waals surface area contributed by atoms with Crippen LogP contribution in [0.1, 0.15) is 27.7 Å². The Morgan fingerprint density at radius 3 is 2.42 bits per heavy atom. The van der Waals surface area contributed by atoms with Crippen LogP contribution in [0, 0.1) is 11.3 Å². The molecule has 2 aromatic rings. The number of ether oxygens (including phenoxy) is 1. The minimum absolute atomic E-state index is 0.0383. The van der Waals surface area contributed by atoms with Crippen LogP contribution in [-0.4, -0.2) is 33.4 Å². The first-order valence-corrected chi connectivity index (χ1v) is 12.1. The van der Waals surface area contributed by atoms with Crippen LogP contribution in [0.4, 0.5) is 17.1 Å². The van der Waals surface area contributed by atoms with E-state index in [9.17, 15) is 18.0 Å². The maximum atomic E-state index is 13.0. The number of carbonyl (C=O) groups excluding carboxylic acids is 2. The highest BCUT2D eigenvalue weighted by Gasteiger charge is 2.37. The molecule has 0 saturated heterocycles. The van der Waals surface area contributed by atoms with E-state index in [1.165, 1.54) is 24.3 Å². The van der Waals surface area contributed by atoms with Crippen molar-refractivity contribution >= 4 is 38.9 Å². The van der Waals surface area contributed by atoms with Crippen LogP contribution in [0.2, 0.25) is 0 Å². The van der Waals surface area contributed by atoms with Crippen LogP contribution in [0.25, 0.3) is 0 Å². The number of nitrogens with one attached hydrogen (secondary N) is 2. The molecule has 176 valence electrons. The monoisotopic (exact) mass is 471 g/mol. The third-order valence-electron chi connectivity index (χ3n) is 5.18. The van der Waals surface area contributed by atoms with E-state index in [0.717, 1.165) is 0 Å². The molecule has 0 aliphatic carbocycles. The summed E-state index contributed by atoms with van der Waals surface area (Å²) in [5.41, 5.74) is 0.526. The smallest absolute Gasteiger partial charge is 0.261 e. The molecular weight excluding hydrogens is 442 g/mol. The lowest BCUT2D eigenvalue weighted by atomic mass is 9.93. The van der Waals surface area contributed by atoms with Crippen LogP contribution < -0.4 is 19.7 Å². The fraction of sp³-hybridized carbons (Fsp3) is 0.333. The highest BCUT2D eigenvalue weighted by Crippen LogP contribution is 2.38. The summed E-state index contributed by atoms with van der Waals surface area (Å²) < 4.78 is 34.2. The predicted octanol–water partition coefficient (Wildman–Crippen LogP) is 4.02. The minimum Gasteiger partial charge on any atom is -0.490 e. The van der Waals surface area contributed by atoms with Crippen molar-refractivity contribution in [1.82, 2.24) is 0 Å². The van der Waals surface area contributed by atoms with Crippen LogP contribution >= 0.6 is 0 Å². The van der Waals surface area contributed by atoms with Gasteiger partial charge in [-0.2, -0.15) is 0 Å². The third kappa shape index (κ3) is 5.36. The van der Waals surface area contributed by atoms with Gasteiger partial charge in [-0.3, -0.25) is 14.3 Å². The van der Waals surface area contributed by atoms with Gasteiger partial charge in [0, 0.05) is 18.2 Å². The molecule has 2 aromatic carbocycles. The molecule has 0 aromatic heterocycles. The van der Waals surface area contributed by atoms with E-state index < -0.39 is 15.4 Å². The van der Waals surface area contributed by atoms with Gasteiger partial charge in [-0.25, -0.2) is 8.42 Å². The van der Waals surface area contributed by atoms with Crippen molar-refractivity contribution in [3.8, 4) is 5.75 Å². The Kier molecular flexibility index (Phi) is 6.83. The summed E-state index contributed by atoms with van der Waals surface area (Å²) in [6, 6.07) is 10.7. The van der Waals surface area contributed by atoms with Gasteiger partial charge < -0.3 is 15.0 Å². The first-order valence-electron chi connectivity index (χ1n) is 10.6. The average molecular weight is 472 g/mol. The van der Waals surface area contributed by atoms with Gasteiger partial charge in [-0.1, -0.05) is 19.9 Å².